The molecule has 1 aliphatic heterocycles. The van der Waals surface area contributed by atoms with Crippen LogP contribution in [0.4, 0.5) is 14.5 Å². The van der Waals surface area contributed by atoms with Crippen molar-refractivity contribution in [3.05, 3.63) is 29.8 Å². The molecule has 2 rings (SSSR count). The van der Waals surface area contributed by atoms with E-state index in [1.165, 1.54) is 12.1 Å². The van der Waals surface area contributed by atoms with Crippen LogP contribution in [0.3, 0.4) is 0 Å². The largest absolute Gasteiger partial charge is 0.364 e. The molecule has 0 aromatic heterocycles. The molecular formula is C12H16F2N2. The smallest absolute Gasteiger partial charge is 0.149 e. The summed E-state index contributed by atoms with van der Waals surface area (Å²) in [5.74, 6) is -1.02. The van der Waals surface area contributed by atoms with Gasteiger partial charge >= 0.3 is 0 Å². The Morgan fingerprint density at radius 1 is 1.31 bits per heavy atom. The summed E-state index contributed by atoms with van der Waals surface area (Å²) in [5.41, 5.74) is 0.488. The number of rotatable bonds is 1. The average molecular weight is 226 g/mol. The summed E-state index contributed by atoms with van der Waals surface area (Å²) in [6.45, 7) is 5.64. The molecule has 0 bridgehead atoms. The fourth-order valence-corrected chi connectivity index (χ4v) is 2.07. The van der Waals surface area contributed by atoms with Gasteiger partial charge in [-0.1, -0.05) is 0 Å². The van der Waals surface area contributed by atoms with Gasteiger partial charge in [0.05, 0.1) is 5.69 Å². The molecule has 16 heavy (non-hydrogen) atoms. The number of benzene rings is 1. The van der Waals surface area contributed by atoms with E-state index in [1.54, 1.807) is 0 Å². The van der Waals surface area contributed by atoms with Crippen molar-refractivity contribution in [1.82, 2.24) is 5.32 Å². The summed E-state index contributed by atoms with van der Waals surface area (Å²) in [4.78, 5) is 1.98. The third kappa shape index (κ3) is 2.16. The Morgan fingerprint density at radius 2 is 2.06 bits per heavy atom. The maximum atomic E-state index is 13.6. The zero-order valence-corrected chi connectivity index (χ0v) is 9.50. The molecule has 2 unspecified atom stereocenters. The molecule has 0 aliphatic carbocycles. The standard InChI is InChI=1S/C12H16F2N2/c1-8-7-16(9(2)6-15-8)12-4-3-10(13)5-11(12)14/h3-5,8-9,15H,6-7H2,1-2H3. The van der Waals surface area contributed by atoms with Crippen LogP contribution in [0.5, 0.6) is 0 Å². The van der Waals surface area contributed by atoms with Crippen LogP contribution in [-0.4, -0.2) is 25.2 Å². The van der Waals surface area contributed by atoms with Crippen molar-refractivity contribution >= 4 is 5.69 Å². The van der Waals surface area contributed by atoms with Crippen LogP contribution in [0, 0.1) is 11.6 Å². The lowest BCUT2D eigenvalue weighted by Gasteiger charge is -2.39. The van der Waals surface area contributed by atoms with Gasteiger partial charge in [-0.2, -0.15) is 0 Å². The second-order valence-electron chi connectivity index (χ2n) is 4.41. The van der Waals surface area contributed by atoms with Crippen LogP contribution in [0.1, 0.15) is 13.8 Å². The van der Waals surface area contributed by atoms with Gasteiger partial charge in [-0.05, 0) is 26.0 Å². The molecule has 0 spiro atoms. The van der Waals surface area contributed by atoms with Crippen LogP contribution in [0.25, 0.3) is 0 Å². The zero-order valence-electron chi connectivity index (χ0n) is 9.50. The van der Waals surface area contributed by atoms with Crippen LogP contribution < -0.4 is 10.2 Å². The highest BCUT2D eigenvalue weighted by atomic mass is 19.1. The van der Waals surface area contributed by atoms with Gasteiger partial charge in [-0.15, -0.1) is 0 Å². The van der Waals surface area contributed by atoms with E-state index in [-0.39, 0.29) is 6.04 Å². The fourth-order valence-electron chi connectivity index (χ4n) is 2.07. The number of nitrogens with one attached hydrogen (secondary N) is 1. The third-order valence-electron chi connectivity index (χ3n) is 2.98. The van der Waals surface area contributed by atoms with Gasteiger partial charge in [0.2, 0.25) is 0 Å². The third-order valence-corrected chi connectivity index (χ3v) is 2.98. The highest BCUT2D eigenvalue weighted by Crippen LogP contribution is 2.23. The first-order valence-electron chi connectivity index (χ1n) is 5.53. The lowest BCUT2D eigenvalue weighted by Crippen LogP contribution is -2.54. The number of piperazine rings is 1. The van der Waals surface area contributed by atoms with Gasteiger partial charge in [0.15, 0.2) is 0 Å². The Morgan fingerprint density at radius 3 is 2.75 bits per heavy atom. The Balaban J connectivity index is 2.28. The quantitative estimate of drug-likeness (QED) is 0.789. The van der Waals surface area contributed by atoms with Gasteiger partial charge in [0.25, 0.3) is 0 Å². The van der Waals surface area contributed by atoms with Crippen molar-refractivity contribution in [3.8, 4) is 0 Å². The molecule has 1 heterocycles. The maximum Gasteiger partial charge on any atom is 0.149 e. The van der Waals surface area contributed by atoms with Gasteiger partial charge in [0, 0.05) is 31.2 Å². The number of hydrogen-bond donors (Lipinski definition) is 1. The van der Waals surface area contributed by atoms with Crippen LogP contribution in [-0.2, 0) is 0 Å². The summed E-state index contributed by atoms with van der Waals surface area (Å²) >= 11 is 0. The minimum atomic E-state index is -0.530. The molecule has 1 aromatic rings. The van der Waals surface area contributed by atoms with Gasteiger partial charge < -0.3 is 10.2 Å². The highest BCUT2D eigenvalue weighted by molar-refractivity contribution is 5.49. The van der Waals surface area contributed by atoms with Crippen LogP contribution in [0.2, 0.25) is 0 Å². The number of nitrogens with zero attached hydrogens (tertiary/aromatic N) is 1. The summed E-state index contributed by atoms with van der Waals surface area (Å²) in [7, 11) is 0. The molecule has 4 heteroatoms. The SMILES string of the molecule is CC1CN(c2ccc(F)cc2F)C(C)CN1. The van der Waals surface area contributed by atoms with E-state index in [0.717, 1.165) is 19.2 Å². The lowest BCUT2D eigenvalue weighted by molar-refractivity contribution is 0.420. The van der Waals surface area contributed by atoms with Gasteiger partial charge in [-0.3, -0.25) is 0 Å². The molecule has 2 atom stereocenters. The second kappa shape index (κ2) is 4.37. The summed E-state index contributed by atoms with van der Waals surface area (Å²) in [5, 5.41) is 3.32. The monoisotopic (exact) mass is 226 g/mol. The second-order valence-corrected chi connectivity index (χ2v) is 4.41. The Hall–Kier alpha value is -1.16. The predicted octanol–water partition coefficient (Wildman–Crippen LogP) is 2.15. The maximum absolute atomic E-state index is 13.6. The van der Waals surface area contributed by atoms with Crippen molar-refractivity contribution in [2.75, 3.05) is 18.0 Å². The summed E-state index contributed by atoms with van der Waals surface area (Å²) in [6.07, 6.45) is 0. The molecule has 1 aromatic carbocycles. The number of hydrogen-bond acceptors (Lipinski definition) is 2. The van der Waals surface area contributed by atoms with E-state index in [9.17, 15) is 8.78 Å². The van der Waals surface area contributed by atoms with Gasteiger partial charge in [-0.25, -0.2) is 8.78 Å². The molecule has 0 saturated carbocycles. The lowest BCUT2D eigenvalue weighted by atomic mass is 10.1. The van der Waals surface area contributed by atoms with E-state index in [4.69, 9.17) is 0 Å². The first kappa shape index (κ1) is 11.3. The van der Waals surface area contributed by atoms with Gasteiger partial charge in [0.1, 0.15) is 11.6 Å². The minimum Gasteiger partial charge on any atom is -0.364 e. The van der Waals surface area contributed by atoms with Crippen LogP contribution in [0.15, 0.2) is 18.2 Å². The fraction of sp³-hybridized carbons (Fsp3) is 0.500. The van der Waals surface area contributed by atoms with Crippen molar-refractivity contribution in [2.45, 2.75) is 25.9 Å². The first-order valence-corrected chi connectivity index (χ1v) is 5.53. The molecule has 0 radical (unpaired) electrons. The van der Waals surface area contributed by atoms with E-state index in [1.807, 2.05) is 11.8 Å². The van der Waals surface area contributed by atoms with Crippen molar-refractivity contribution < 1.29 is 8.78 Å². The molecule has 1 saturated heterocycles. The molecule has 2 nitrogen and oxygen atoms in total. The number of anilines is 1. The Labute approximate surface area is 94.3 Å². The normalized spacial score (nSPS) is 25.9. The van der Waals surface area contributed by atoms with Crippen LogP contribution >= 0.6 is 0 Å². The summed E-state index contributed by atoms with van der Waals surface area (Å²) < 4.78 is 26.5. The van der Waals surface area contributed by atoms with Crippen molar-refractivity contribution in [2.24, 2.45) is 0 Å². The zero-order chi connectivity index (χ0) is 11.7. The molecule has 1 aliphatic rings. The molecule has 1 N–H and O–H groups in total. The molecule has 88 valence electrons. The van der Waals surface area contributed by atoms with E-state index in [0.29, 0.717) is 11.7 Å². The minimum absolute atomic E-state index is 0.219. The molecule has 1 fully saturated rings. The first-order chi connectivity index (χ1) is 7.58. The van der Waals surface area contributed by atoms with Crippen molar-refractivity contribution in [3.63, 3.8) is 0 Å². The molecular weight excluding hydrogens is 210 g/mol. The van der Waals surface area contributed by atoms with Crippen molar-refractivity contribution in [1.29, 1.82) is 0 Å². The average Bonchev–Trinajstić information content (AvgIpc) is 2.22. The Bertz CT molecular complexity index is 381. The van der Waals surface area contributed by atoms with E-state index >= 15 is 0 Å². The van der Waals surface area contributed by atoms with E-state index < -0.39 is 11.6 Å². The molecule has 0 amide bonds. The highest BCUT2D eigenvalue weighted by Gasteiger charge is 2.24. The predicted molar refractivity (Wildman–Crippen MR) is 60.6 cm³/mol. The summed E-state index contributed by atoms with van der Waals surface area (Å²) in [6, 6.07) is 4.29. The van der Waals surface area contributed by atoms with E-state index in [2.05, 4.69) is 12.2 Å². The number of halogens is 2. The Kier molecular flexibility index (Phi) is 3.10. The topological polar surface area (TPSA) is 15.3 Å².